The van der Waals surface area contributed by atoms with E-state index in [1.54, 1.807) is 12.1 Å². The summed E-state index contributed by atoms with van der Waals surface area (Å²) in [7, 11) is 0. The van der Waals surface area contributed by atoms with Gasteiger partial charge in [-0.15, -0.1) is 36.2 Å². The molecule has 162 valence electrons. The summed E-state index contributed by atoms with van der Waals surface area (Å²) in [6.07, 6.45) is 2.08. The molecule has 1 aliphatic rings. The number of halogens is 3. The number of hydrogen-bond acceptors (Lipinski definition) is 5. The van der Waals surface area contributed by atoms with E-state index in [0.29, 0.717) is 16.5 Å². The quantitative estimate of drug-likeness (QED) is 0.657. The molecular weight excluding hydrogens is 436 g/mol. The van der Waals surface area contributed by atoms with Crippen LogP contribution in [0.3, 0.4) is 0 Å². The minimum Gasteiger partial charge on any atom is -0.486 e. The van der Waals surface area contributed by atoms with E-state index < -0.39 is 0 Å². The van der Waals surface area contributed by atoms with Crippen molar-refractivity contribution in [3.8, 4) is 5.75 Å². The Hall–Kier alpha value is -1.41. The molecule has 1 aliphatic heterocycles. The highest BCUT2D eigenvalue weighted by atomic mass is 35.5. The van der Waals surface area contributed by atoms with Crippen molar-refractivity contribution in [1.29, 1.82) is 0 Å². The Morgan fingerprint density at radius 2 is 1.93 bits per heavy atom. The summed E-state index contributed by atoms with van der Waals surface area (Å²) in [6, 6.07) is 5.88. The molecule has 3 rings (SSSR count). The van der Waals surface area contributed by atoms with Crippen LogP contribution in [0.5, 0.6) is 5.75 Å². The molecule has 1 aromatic carbocycles. The maximum Gasteiger partial charge on any atom is 0.265 e. The van der Waals surface area contributed by atoms with E-state index in [1.165, 1.54) is 23.5 Å². The smallest absolute Gasteiger partial charge is 0.265 e. The Balaban J connectivity index is 0.00000210. The molecular formula is C20H28Cl2FN3O2S. The van der Waals surface area contributed by atoms with Crippen LogP contribution in [-0.2, 0) is 6.61 Å². The summed E-state index contributed by atoms with van der Waals surface area (Å²) in [6.45, 7) is 7.87. The number of carbonyl (C=O) groups excluding carboxylic acids is 1. The summed E-state index contributed by atoms with van der Waals surface area (Å²) in [5.74, 6) is 1.01. The van der Waals surface area contributed by atoms with Crippen LogP contribution in [0.25, 0.3) is 0 Å². The van der Waals surface area contributed by atoms with Crippen LogP contribution >= 0.6 is 36.2 Å². The van der Waals surface area contributed by atoms with Crippen LogP contribution in [0.4, 0.5) is 4.39 Å². The number of ether oxygens (including phenoxy) is 1. The molecule has 0 unspecified atom stereocenters. The fraction of sp³-hybridized carbons (Fsp3) is 0.500. The molecule has 1 aromatic heterocycles. The molecule has 29 heavy (non-hydrogen) atoms. The van der Waals surface area contributed by atoms with Gasteiger partial charge < -0.3 is 15.0 Å². The van der Waals surface area contributed by atoms with Gasteiger partial charge in [-0.3, -0.25) is 4.79 Å². The summed E-state index contributed by atoms with van der Waals surface area (Å²) in [5, 5.41) is 4.14. The first kappa shape index (κ1) is 25.6. The fourth-order valence-corrected chi connectivity index (χ4v) is 4.17. The van der Waals surface area contributed by atoms with Crippen molar-refractivity contribution in [2.24, 2.45) is 5.92 Å². The zero-order valence-corrected chi connectivity index (χ0v) is 19.1. The van der Waals surface area contributed by atoms with Gasteiger partial charge in [-0.2, -0.15) is 0 Å². The second kappa shape index (κ2) is 12.3. The molecule has 1 fully saturated rings. The molecule has 1 saturated heterocycles. The first-order valence-corrected chi connectivity index (χ1v) is 10.2. The lowest BCUT2D eigenvalue weighted by Gasteiger charge is -2.31. The molecule has 5 nitrogen and oxygen atoms in total. The number of benzene rings is 1. The monoisotopic (exact) mass is 463 g/mol. The summed E-state index contributed by atoms with van der Waals surface area (Å²) in [5.41, 5.74) is 0.748. The van der Waals surface area contributed by atoms with Gasteiger partial charge in [0.1, 0.15) is 28.1 Å². The number of likely N-dealkylation sites (tertiary alicyclic amines) is 1. The van der Waals surface area contributed by atoms with Crippen molar-refractivity contribution in [2.75, 3.05) is 26.2 Å². The standard InChI is InChI=1S/C20H26FN3O2S.2ClH/c1-3-22-12-15-8-10-24(11-9-15)20(25)19-14(2)23-18(27-19)13-26-17-6-4-16(21)5-7-17;;/h4-7,15,22H,3,8-13H2,1-2H3;2*1H. The highest BCUT2D eigenvalue weighted by molar-refractivity contribution is 7.13. The maximum absolute atomic E-state index is 12.9. The van der Waals surface area contributed by atoms with Crippen molar-refractivity contribution in [3.63, 3.8) is 0 Å². The lowest BCUT2D eigenvalue weighted by molar-refractivity contribution is 0.0694. The number of aryl methyl sites for hydroxylation is 1. The highest BCUT2D eigenvalue weighted by Gasteiger charge is 2.26. The first-order chi connectivity index (χ1) is 13.1. The number of rotatable bonds is 7. The molecule has 1 N–H and O–H groups in total. The van der Waals surface area contributed by atoms with E-state index in [9.17, 15) is 9.18 Å². The number of hydrogen-bond donors (Lipinski definition) is 1. The number of piperidine rings is 1. The van der Waals surface area contributed by atoms with Gasteiger partial charge in [0.15, 0.2) is 0 Å². The van der Waals surface area contributed by atoms with E-state index >= 15 is 0 Å². The number of carbonyl (C=O) groups is 1. The Labute approximate surface area is 187 Å². The van der Waals surface area contributed by atoms with Crippen molar-refractivity contribution in [2.45, 2.75) is 33.3 Å². The summed E-state index contributed by atoms with van der Waals surface area (Å²) in [4.78, 5) is 20.0. The first-order valence-electron chi connectivity index (χ1n) is 9.41. The minimum atomic E-state index is -0.297. The zero-order chi connectivity index (χ0) is 19.2. The second-order valence-corrected chi connectivity index (χ2v) is 7.89. The Morgan fingerprint density at radius 1 is 1.28 bits per heavy atom. The number of aromatic nitrogens is 1. The molecule has 9 heteroatoms. The van der Waals surface area contributed by atoms with Crippen LogP contribution < -0.4 is 10.1 Å². The number of nitrogens with one attached hydrogen (secondary N) is 1. The summed E-state index contributed by atoms with van der Waals surface area (Å²) < 4.78 is 18.6. The third-order valence-corrected chi connectivity index (χ3v) is 5.91. The minimum absolute atomic E-state index is 0. The third-order valence-electron chi connectivity index (χ3n) is 4.80. The predicted molar refractivity (Wildman–Crippen MR) is 119 cm³/mol. The molecule has 0 atom stereocenters. The largest absolute Gasteiger partial charge is 0.486 e. The average molecular weight is 464 g/mol. The SMILES string of the molecule is CCNCC1CCN(C(=O)c2sc(COc3ccc(F)cc3)nc2C)CC1.Cl.Cl. The van der Waals surface area contributed by atoms with Gasteiger partial charge in [0.05, 0.1) is 5.69 Å². The highest BCUT2D eigenvalue weighted by Crippen LogP contribution is 2.25. The zero-order valence-electron chi connectivity index (χ0n) is 16.7. The van der Waals surface area contributed by atoms with Crippen LogP contribution in [0.1, 0.15) is 40.1 Å². The Kier molecular flexibility index (Phi) is 10.9. The number of amides is 1. The van der Waals surface area contributed by atoms with Crippen LogP contribution in [-0.4, -0.2) is 42.0 Å². The van der Waals surface area contributed by atoms with Gasteiger partial charge in [0.25, 0.3) is 5.91 Å². The van der Waals surface area contributed by atoms with Gasteiger partial charge in [0, 0.05) is 13.1 Å². The van der Waals surface area contributed by atoms with Gasteiger partial charge in [-0.1, -0.05) is 6.92 Å². The van der Waals surface area contributed by atoms with Crippen molar-refractivity contribution < 1.29 is 13.9 Å². The van der Waals surface area contributed by atoms with Crippen molar-refractivity contribution >= 4 is 42.1 Å². The molecule has 2 aromatic rings. The molecule has 0 bridgehead atoms. The van der Waals surface area contributed by atoms with Gasteiger partial charge in [-0.25, -0.2) is 9.37 Å². The molecule has 0 radical (unpaired) electrons. The van der Waals surface area contributed by atoms with Crippen LogP contribution in [0.2, 0.25) is 0 Å². The van der Waals surface area contributed by atoms with Gasteiger partial charge >= 0.3 is 0 Å². The third kappa shape index (κ3) is 7.10. The lowest BCUT2D eigenvalue weighted by atomic mass is 9.96. The summed E-state index contributed by atoms with van der Waals surface area (Å²) >= 11 is 1.38. The molecule has 0 spiro atoms. The topological polar surface area (TPSA) is 54.5 Å². The van der Waals surface area contributed by atoms with Gasteiger partial charge in [-0.05, 0) is 63.0 Å². The molecule has 0 aliphatic carbocycles. The van der Waals surface area contributed by atoms with Crippen molar-refractivity contribution in [1.82, 2.24) is 15.2 Å². The van der Waals surface area contributed by atoms with Crippen LogP contribution in [0, 0.1) is 18.7 Å². The van der Waals surface area contributed by atoms with Gasteiger partial charge in [0.2, 0.25) is 0 Å². The van der Waals surface area contributed by atoms with E-state index in [0.717, 1.165) is 49.7 Å². The molecule has 1 amide bonds. The Bertz CT molecular complexity index is 766. The normalized spacial score (nSPS) is 14.1. The van der Waals surface area contributed by atoms with Crippen LogP contribution in [0.15, 0.2) is 24.3 Å². The van der Waals surface area contributed by atoms with E-state index in [2.05, 4.69) is 17.2 Å². The number of thiazole rings is 1. The van der Waals surface area contributed by atoms with E-state index in [1.807, 2.05) is 11.8 Å². The Morgan fingerprint density at radius 3 is 2.55 bits per heavy atom. The maximum atomic E-state index is 12.9. The lowest BCUT2D eigenvalue weighted by Crippen LogP contribution is -2.40. The van der Waals surface area contributed by atoms with E-state index in [4.69, 9.17) is 4.74 Å². The van der Waals surface area contributed by atoms with E-state index in [-0.39, 0.29) is 43.1 Å². The molecule has 2 heterocycles. The predicted octanol–water partition coefficient (Wildman–Crippen LogP) is 4.47. The molecule has 0 saturated carbocycles. The average Bonchev–Trinajstić information content (AvgIpc) is 3.06. The van der Waals surface area contributed by atoms with Crippen molar-refractivity contribution in [3.05, 3.63) is 45.7 Å². The fourth-order valence-electron chi connectivity index (χ4n) is 3.22. The number of nitrogens with zero attached hydrogens (tertiary/aromatic N) is 2. The second-order valence-electron chi connectivity index (χ2n) is 6.81.